The Morgan fingerprint density at radius 1 is 0.952 bits per heavy atom. The highest BCUT2D eigenvalue weighted by Crippen LogP contribution is 2.20. The van der Waals surface area contributed by atoms with Gasteiger partial charge in [0.2, 0.25) is 5.91 Å². The predicted molar refractivity (Wildman–Crippen MR) is 83.6 cm³/mol. The molecule has 2 rings (SSSR count). The monoisotopic (exact) mass is 280 g/mol. The van der Waals surface area contributed by atoms with Crippen LogP contribution in [0.25, 0.3) is 6.08 Å². The van der Waals surface area contributed by atoms with Crippen LogP contribution in [0.4, 0.5) is 5.69 Å². The Bertz CT molecular complexity index is 733. The van der Waals surface area contributed by atoms with Crippen molar-refractivity contribution in [1.82, 2.24) is 0 Å². The first-order chi connectivity index (χ1) is 10.0. The van der Waals surface area contributed by atoms with Gasteiger partial charge in [-0.1, -0.05) is 36.4 Å². The highest BCUT2D eigenvalue weighted by Gasteiger charge is 2.14. The van der Waals surface area contributed by atoms with Gasteiger partial charge in [-0.2, -0.15) is 0 Å². The molecular weight excluding hydrogens is 264 g/mol. The van der Waals surface area contributed by atoms with Gasteiger partial charge in [-0.05, 0) is 30.7 Å². The van der Waals surface area contributed by atoms with Crippen molar-refractivity contribution in [3.63, 3.8) is 0 Å². The molecular formula is C17H16N2O2. The number of carbonyl (C=O) groups excluding carboxylic acids is 2. The van der Waals surface area contributed by atoms with Crippen molar-refractivity contribution in [1.29, 1.82) is 0 Å². The third-order valence-electron chi connectivity index (χ3n) is 3.17. The summed E-state index contributed by atoms with van der Waals surface area (Å²) in [6, 6.07) is 13.9. The van der Waals surface area contributed by atoms with Gasteiger partial charge >= 0.3 is 0 Å². The second-order valence-electron chi connectivity index (χ2n) is 4.70. The summed E-state index contributed by atoms with van der Waals surface area (Å²) < 4.78 is 0. The second-order valence-corrected chi connectivity index (χ2v) is 4.70. The van der Waals surface area contributed by atoms with E-state index in [9.17, 15) is 9.59 Å². The van der Waals surface area contributed by atoms with Gasteiger partial charge in [0.1, 0.15) is 0 Å². The molecule has 0 radical (unpaired) electrons. The first kappa shape index (κ1) is 14.5. The van der Waals surface area contributed by atoms with Gasteiger partial charge < -0.3 is 11.5 Å². The summed E-state index contributed by atoms with van der Waals surface area (Å²) in [5.41, 5.74) is 13.5. The Hall–Kier alpha value is -2.88. The Morgan fingerprint density at radius 2 is 1.52 bits per heavy atom. The normalized spacial score (nSPS) is 11.2. The molecule has 2 aromatic rings. The van der Waals surface area contributed by atoms with Crippen molar-refractivity contribution in [2.24, 2.45) is 5.73 Å². The predicted octanol–water partition coefficient (Wildman–Crippen LogP) is 2.39. The summed E-state index contributed by atoms with van der Waals surface area (Å²) in [4.78, 5) is 23.8. The number of hydrogen-bond donors (Lipinski definition) is 2. The largest absolute Gasteiger partial charge is 0.398 e. The number of carbonyl (C=O) groups is 2. The van der Waals surface area contributed by atoms with Crippen LogP contribution < -0.4 is 11.5 Å². The van der Waals surface area contributed by atoms with Crippen molar-refractivity contribution < 1.29 is 9.59 Å². The van der Waals surface area contributed by atoms with E-state index in [-0.39, 0.29) is 5.78 Å². The van der Waals surface area contributed by atoms with E-state index in [0.717, 1.165) is 0 Å². The van der Waals surface area contributed by atoms with Gasteiger partial charge in [0.15, 0.2) is 5.78 Å². The molecule has 0 aliphatic carbocycles. The van der Waals surface area contributed by atoms with E-state index in [2.05, 4.69) is 0 Å². The Morgan fingerprint density at radius 3 is 2.14 bits per heavy atom. The molecule has 0 fully saturated rings. The smallest absolute Gasteiger partial charge is 0.244 e. The highest BCUT2D eigenvalue weighted by atomic mass is 16.1. The first-order valence-electron chi connectivity index (χ1n) is 6.47. The molecule has 0 heterocycles. The zero-order chi connectivity index (χ0) is 15.4. The van der Waals surface area contributed by atoms with Gasteiger partial charge in [0.05, 0.1) is 0 Å². The Kier molecular flexibility index (Phi) is 4.18. The van der Waals surface area contributed by atoms with Gasteiger partial charge in [-0.25, -0.2) is 0 Å². The minimum Gasteiger partial charge on any atom is -0.398 e. The summed E-state index contributed by atoms with van der Waals surface area (Å²) in [6.07, 6.45) is 1.61. The molecule has 4 N–H and O–H groups in total. The molecule has 0 atom stereocenters. The number of benzene rings is 2. The molecule has 0 saturated heterocycles. The van der Waals surface area contributed by atoms with Gasteiger partial charge in [-0.3, -0.25) is 9.59 Å². The van der Waals surface area contributed by atoms with Gasteiger partial charge in [0.25, 0.3) is 0 Å². The molecule has 0 aliphatic rings. The molecule has 21 heavy (non-hydrogen) atoms. The van der Waals surface area contributed by atoms with E-state index >= 15 is 0 Å². The zero-order valence-corrected chi connectivity index (χ0v) is 11.7. The molecule has 4 nitrogen and oxygen atoms in total. The summed E-state index contributed by atoms with van der Waals surface area (Å²) >= 11 is 0. The zero-order valence-electron chi connectivity index (χ0n) is 11.7. The van der Waals surface area contributed by atoms with Gasteiger partial charge in [0, 0.05) is 22.4 Å². The average Bonchev–Trinajstić information content (AvgIpc) is 2.47. The molecule has 0 saturated carbocycles. The van der Waals surface area contributed by atoms with E-state index in [1.54, 1.807) is 61.5 Å². The molecule has 0 spiro atoms. The van der Waals surface area contributed by atoms with Crippen LogP contribution in [0.2, 0.25) is 0 Å². The maximum atomic E-state index is 12.6. The fourth-order valence-electron chi connectivity index (χ4n) is 1.98. The van der Waals surface area contributed by atoms with E-state index in [1.807, 2.05) is 0 Å². The number of primary amides is 1. The number of para-hydroxylation sites is 1. The topological polar surface area (TPSA) is 86.2 Å². The lowest BCUT2D eigenvalue weighted by Crippen LogP contribution is -2.12. The number of rotatable bonds is 4. The third kappa shape index (κ3) is 3.17. The highest BCUT2D eigenvalue weighted by molar-refractivity contribution is 6.14. The minimum absolute atomic E-state index is 0.183. The van der Waals surface area contributed by atoms with Crippen LogP contribution in [0, 0.1) is 0 Å². The number of amides is 1. The summed E-state index contributed by atoms with van der Waals surface area (Å²) in [5.74, 6) is -0.700. The van der Waals surface area contributed by atoms with Crippen molar-refractivity contribution in [3.05, 3.63) is 70.8 Å². The van der Waals surface area contributed by atoms with Gasteiger partial charge in [-0.15, -0.1) is 0 Å². The standard InChI is InChI=1S/C17H16N2O2/c1-11(17(19)21)10-12-6-2-3-7-13(12)16(20)14-8-4-5-9-15(14)18/h2-10H,18H2,1H3,(H2,19,21)/b11-10+. The van der Waals surface area contributed by atoms with Crippen molar-refractivity contribution in [2.75, 3.05) is 5.73 Å². The molecule has 1 amide bonds. The average molecular weight is 280 g/mol. The fourth-order valence-corrected chi connectivity index (χ4v) is 1.98. The van der Waals surface area contributed by atoms with E-state index < -0.39 is 5.91 Å². The van der Waals surface area contributed by atoms with Crippen LogP contribution in [-0.2, 0) is 4.79 Å². The minimum atomic E-state index is -0.517. The lowest BCUT2D eigenvalue weighted by atomic mass is 9.96. The van der Waals surface area contributed by atoms with Crippen LogP contribution in [0.3, 0.4) is 0 Å². The molecule has 4 heteroatoms. The van der Waals surface area contributed by atoms with E-state index in [0.29, 0.717) is 28.0 Å². The molecule has 0 aliphatic heterocycles. The molecule has 106 valence electrons. The summed E-state index contributed by atoms with van der Waals surface area (Å²) in [6.45, 7) is 1.61. The summed E-state index contributed by atoms with van der Waals surface area (Å²) in [7, 11) is 0. The molecule has 0 aromatic heterocycles. The Labute approximate surface area is 123 Å². The van der Waals surface area contributed by atoms with Crippen LogP contribution in [0.1, 0.15) is 28.4 Å². The van der Waals surface area contributed by atoms with E-state index in [1.165, 1.54) is 0 Å². The number of nitrogen functional groups attached to an aromatic ring is 1. The quantitative estimate of drug-likeness (QED) is 0.512. The molecule has 2 aromatic carbocycles. The lowest BCUT2D eigenvalue weighted by Gasteiger charge is -2.08. The Balaban J connectivity index is 2.51. The number of hydrogen-bond acceptors (Lipinski definition) is 3. The second kappa shape index (κ2) is 6.05. The van der Waals surface area contributed by atoms with Crippen LogP contribution in [0.15, 0.2) is 54.1 Å². The van der Waals surface area contributed by atoms with Crippen molar-refractivity contribution >= 4 is 23.5 Å². The SMILES string of the molecule is C/C(=C\c1ccccc1C(=O)c1ccccc1N)C(N)=O. The van der Waals surface area contributed by atoms with E-state index in [4.69, 9.17) is 11.5 Å². The third-order valence-corrected chi connectivity index (χ3v) is 3.17. The van der Waals surface area contributed by atoms with Crippen molar-refractivity contribution in [2.45, 2.75) is 6.92 Å². The van der Waals surface area contributed by atoms with Crippen LogP contribution >= 0.6 is 0 Å². The molecule has 0 unspecified atom stereocenters. The number of ketones is 1. The van der Waals surface area contributed by atoms with Crippen LogP contribution in [-0.4, -0.2) is 11.7 Å². The lowest BCUT2D eigenvalue weighted by molar-refractivity contribution is -0.114. The summed E-state index contributed by atoms with van der Waals surface area (Å²) in [5, 5.41) is 0. The fraction of sp³-hybridized carbons (Fsp3) is 0.0588. The number of nitrogens with two attached hydrogens (primary N) is 2. The van der Waals surface area contributed by atoms with Crippen molar-refractivity contribution in [3.8, 4) is 0 Å². The molecule has 0 bridgehead atoms. The maximum absolute atomic E-state index is 12.6. The maximum Gasteiger partial charge on any atom is 0.244 e. The first-order valence-corrected chi connectivity index (χ1v) is 6.47. The number of anilines is 1. The van der Waals surface area contributed by atoms with Crippen LogP contribution in [0.5, 0.6) is 0 Å².